The Labute approximate surface area is 201 Å². The molecule has 0 radical (unpaired) electrons. The molecule has 7 nitrogen and oxygen atoms in total. The van der Waals surface area contributed by atoms with Crippen LogP contribution in [-0.4, -0.2) is 74.2 Å². The number of benzene rings is 2. The number of ether oxygens (including phenoxy) is 2. The summed E-state index contributed by atoms with van der Waals surface area (Å²) < 4.78 is 10.9. The highest BCUT2D eigenvalue weighted by Crippen LogP contribution is 2.48. The van der Waals surface area contributed by atoms with Crippen LogP contribution in [0.1, 0.15) is 52.7 Å². The third-order valence-electron chi connectivity index (χ3n) is 7.09. The molecule has 0 aromatic heterocycles. The zero-order valence-corrected chi connectivity index (χ0v) is 19.7. The number of rotatable bonds is 8. The Morgan fingerprint density at radius 3 is 2.68 bits per heavy atom. The lowest BCUT2D eigenvalue weighted by atomic mass is 9.79. The second-order valence-corrected chi connectivity index (χ2v) is 9.33. The number of fused-ring (bicyclic) bond motifs is 1. The molecular weight excluding hydrogens is 430 g/mol. The van der Waals surface area contributed by atoms with Crippen LogP contribution in [0, 0.1) is 0 Å². The Bertz CT molecular complexity index is 1030. The zero-order valence-electron chi connectivity index (χ0n) is 19.7. The van der Waals surface area contributed by atoms with Crippen molar-refractivity contribution < 1.29 is 19.1 Å². The van der Waals surface area contributed by atoms with E-state index in [-0.39, 0.29) is 23.9 Å². The van der Waals surface area contributed by atoms with Gasteiger partial charge in [-0.2, -0.15) is 0 Å². The highest BCUT2D eigenvalue weighted by molar-refractivity contribution is 6.01. The highest BCUT2D eigenvalue weighted by Gasteiger charge is 2.49. The third-order valence-corrected chi connectivity index (χ3v) is 7.09. The van der Waals surface area contributed by atoms with E-state index < -0.39 is 5.92 Å². The molecule has 2 aromatic rings. The lowest BCUT2D eigenvalue weighted by Gasteiger charge is -2.42. The lowest BCUT2D eigenvalue weighted by molar-refractivity contribution is -0.124. The van der Waals surface area contributed by atoms with E-state index in [2.05, 4.69) is 10.2 Å². The van der Waals surface area contributed by atoms with E-state index >= 15 is 0 Å². The summed E-state index contributed by atoms with van der Waals surface area (Å²) in [7, 11) is 1.64. The normalized spacial score (nSPS) is 22.9. The summed E-state index contributed by atoms with van der Waals surface area (Å²) in [6.07, 6.45) is 2.83. The molecule has 0 spiro atoms. The summed E-state index contributed by atoms with van der Waals surface area (Å²) >= 11 is 0. The first-order chi connectivity index (χ1) is 16.7. The first kappa shape index (κ1) is 22.9. The lowest BCUT2D eigenvalue weighted by Crippen LogP contribution is -2.48. The largest absolute Gasteiger partial charge is 0.497 e. The van der Waals surface area contributed by atoms with Gasteiger partial charge in [-0.05, 0) is 55.1 Å². The number of hydrogen-bond acceptors (Lipinski definition) is 5. The summed E-state index contributed by atoms with van der Waals surface area (Å²) in [5.41, 5.74) is 2.38. The van der Waals surface area contributed by atoms with E-state index in [9.17, 15) is 9.59 Å². The summed E-state index contributed by atoms with van der Waals surface area (Å²) in [6.45, 7) is 4.99. The van der Waals surface area contributed by atoms with Crippen LogP contribution < -0.4 is 10.1 Å². The molecule has 1 saturated carbocycles. The Kier molecular flexibility index (Phi) is 6.83. The molecule has 180 valence electrons. The maximum absolute atomic E-state index is 13.7. The fraction of sp³-hybridized carbons (Fsp3) is 0.481. The predicted molar refractivity (Wildman–Crippen MR) is 129 cm³/mol. The predicted octanol–water partition coefficient (Wildman–Crippen LogP) is 2.98. The van der Waals surface area contributed by atoms with Gasteiger partial charge in [0.1, 0.15) is 5.75 Å². The van der Waals surface area contributed by atoms with Crippen molar-refractivity contribution in [1.82, 2.24) is 15.1 Å². The second-order valence-electron chi connectivity index (χ2n) is 9.33. The molecule has 2 aromatic carbocycles. The number of hydrogen-bond donors (Lipinski definition) is 1. The smallest absolute Gasteiger partial charge is 0.254 e. The quantitative estimate of drug-likeness (QED) is 0.610. The Morgan fingerprint density at radius 1 is 1.12 bits per heavy atom. The molecule has 1 saturated heterocycles. The maximum Gasteiger partial charge on any atom is 0.254 e. The molecule has 1 aliphatic carbocycles. The Morgan fingerprint density at radius 2 is 1.91 bits per heavy atom. The minimum atomic E-state index is -0.468. The molecule has 34 heavy (non-hydrogen) atoms. The number of carbonyl (C=O) groups excluding carboxylic acids is 2. The fourth-order valence-electron chi connectivity index (χ4n) is 5.22. The number of morpholine rings is 1. The van der Waals surface area contributed by atoms with Gasteiger partial charge >= 0.3 is 0 Å². The molecular formula is C27H33N3O4. The van der Waals surface area contributed by atoms with E-state index in [1.54, 1.807) is 7.11 Å². The first-order valence-corrected chi connectivity index (χ1v) is 12.3. The van der Waals surface area contributed by atoms with Crippen molar-refractivity contribution in [3.8, 4) is 5.75 Å². The number of nitrogens with zero attached hydrogens (tertiary/aromatic N) is 2. The van der Waals surface area contributed by atoms with Crippen LogP contribution in [0.25, 0.3) is 0 Å². The summed E-state index contributed by atoms with van der Waals surface area (Å²) in [5, 5.41) is 3.19. The SMILES string of the molecule is COc1cccc(C2C(C(=O)NCCCN3CCOCC3)c3ccccc3C(=O)N2C2CC2)c1. The van der Waals surface area contributed by atoms with Crippen LogP contribution >= 0.6 is 0 Å². The highest BCUT2D eigenvalue weighted by atomic mass is 16.5. The molecule has 2 aliphatic heterocycles. The monoisotopic (exact) mass is 463 g/mol. The van der Waals surface area contributed by atoms with Crippen molar-refractivity contribution in [2.75, 3.05) is 46.5 Å². The van der Waals surface area contributed by atoms with Crippen molar-refractivity contribution in [2.45, 2.75) is 37.3 Å². The maximum atomic E-state index is 13.7. The zero-order chi connectivity index (χ0) is 23.5. The second kappa shape index (κ2) is 10.2. The van der Waals surface area contributed by atoms with Crippen LogP contribution in [0.15, 0.2) is 48.5 Å². The summed E-state index contributed by atoms with van der Waals surface area (Å²) in [4.78, 5) is 31.6. The fourth-order valence-corrected chi connectivity index (χ4v) is 5.22. The topological polar surface area (TPSA) is 71.1 Å². The van der Waals surface area contributed by atoms with Crippen molar-refractivity contribution in [2.24, 2.45) is 0 Å². The van der Waals surface area contributed by atoms with Gasteiger partial charge in [0.05, 0.1) is 32.3 Å². The molecule has 1 N–H and O–H groups in total. The summed E-state index contributed by atoms with van der Waals surface area (Å²) in [6, 6.07) is 15.2. The Balaban J connectivity index is 1.42. The minimum Gasteiger partial charge on any atom is -0.497 e. The van der Waals surface area contributed by atoms with Gasteiger partial charge in [0.15, 0.2) is 0 Å². The number of nitrogens with one attached hydrogen (secondary N) is 1. The van der Waals surface area contributed by atoms with Crippen LogP contribution in [0.5, 0.6) is 5.75 Å². The molecule has 5 rings (SSSR count). The number of carbonyl (C=O) groups is 2. The van der Waals surface area contributed by atoms with Gasteiger partial charge in [-0.15, -0.1) is 0 Å². The number of methoxy groups -OCH3 is 1. The molecule has 2 amide bonds. The van der Waals surface area contributed by atoms with Gasteiger partial charge in [0.2, 0.25) is 5.91 Å². The average Bonchev–Trinajstić information content (AvgIpc) is 3.72. The first-order valence-electron chi connectivity index (χ1n) is 12.3. The third kappa shape index (κ3) is 4.68. The van der Waals surface area contributed by atoms with Crippen LogP contribution in [-0.2, 0) is 9.53 Å². The van der Waals surface area contributed by atoms with Gasteiger partial charge in [-0.3, -0.25) is 14.5 Å². The summed E-state index contributed by atoms with van der Waals surface area (Å²) in [5.74, 6) is 0.247. The van der Waals surface area contributed by atoms with Gasteiger partial charge in [-0.1, -0.05) is 30.3 Å². The van der Waals surface area contributed by atoms with Gasteiger partial charge in [0.25, 0.3) is 5.91 Å². The molecule has 2 unspecified atom stereocenters. The molecule has 2 fully saturated rings. The van der Waals surface area contributed by atoms with Crippen LogP contribution in [0.3, 0.4) is 0 Å². The van der Waals surface area contributed by atoms with Crippen molar-refractivity contribution >= 4 is 11.8 Å². The van der Waals surface area contributed by atoms with Gasteiger partial charge in [0, 0.05) is 31.2 Å². The van der Waals surface area contributed by atoms with Crippen LogP contribution in [0.2, 0.25) is 0 Å². The average molecular weight is 464 g/mol. The van der Waals surface area contributed by atoms with Gasteiger partial charge < -0.3 is 19.7 Å². The molecule has 2 heterocycles. The van der Waals surface area contributed by atoms with Gasteiger partial charge in [-0.25, -0.2) is 0 Å². The van der Waals surface area contributed by atoms with Crippen LogP contribution in [0.4, 0.5) is 0 Å². The minimum absolute atomic E-state index is 0.0160. The molecule has 3 aliphatic rings. The van der Waals surface area contributed by atoms with E-state index in [1.165, 1.54) is 0 Å². The molecule has 7 heteroatoms. The molecule has 0 bridgehead atoms. The van der Waals surface area contributed by atoms with Crippen molar-refractivity contribution in [3.63, 3.8) is 0 Å². The van der Waals surface area contributed by atoms with E-state index in [0.717, 1.165) is 69.0 Å². The van der Waals surface area contributed by atoms with E-state index in [4.69, 9.17) is 9.47 Å². The number of amides is 2. The standard InChI is InChI=1S/C27H33N3O4/c1-33-21-7-4-6-19(18-21)25-24(26(31)28-12-5-13-29-14-16-34-17-15-29)22-8-2-3-9-23(22)27(32)30(25)20-10-11-20/h2-4,6-9,18,20,24-25H,5,10-17H2,1H3,(H,28,31). The Hall–Kier alpha value is -2.90. The molecule has 2 atom stereocenters. The van der Waals surface area contributed by atoms with Crippen molar-refractivity contribution in [3.05, 3.63) is 65.2 Å². The van der Waals surface area contributed by atoms with E-state index in [1.807, 2.05) is 53.4 Å². The van der Waals surface area contributed by atoms with E-state index in [0.29, 0.717) is 12.1 Å². The van der Waals surface area contributed by atoms with Crippen molar-refractivity contribution in [1.29, 1.82) is 0 Å².